The zero-order valence-electron chi connectivity index (χ0n) is 15.6. The van der Waals surface area contributed by atoms with E-state index in [0.717, 1.165) is 41.3 Å². The van der Waals surface area contributed by atoms with E-state index in [4.69, 9.17) is 4.74 Å². The van der Waals surface area contributed by atoms with Gasteiger partial charge in [-0.1, -0.05) is 12.8 Å². The molecule has 7 heteroatoms. The minimum Gasteiger partial charge on any atom is -0.385 e. The number of hydrogen-bond donors (Lipinski definition) is 2. The van der Waals surface area contributed by atoms with Crippen molar-refractivity contribution in [2.24, 2.45) is 10.4 Å². The molecular weight excluding hydrogens is 394 g/mol. The molecule has 2 aromatic rings. The largest absolute Gasteiger partial charge is 0.385 e. The van der Waals surface area contributed by atoms with E-state index in [0.29, 0.717) is 12.0 Å². The fourth-order valence-corrected chi connectivity index (χ4v) is 4.08. The van der Waals surface area contributed by atoms with E-state index in [2.05, 4.69) is 36.5 Å². The summed E-state index contributed by atoms with van der Waals surface area (Å²) in [6.45, 7) is 2.41. The predicted octanol–water partition coefficient (Wildman–Crippen LogP) is 3.36. The number of fused-ring (bicyclic) bond motifs is 1. The first-order valence-corrected chi connectivity index (χ1v) is 10.00. The van der Waals surface area contributed by atoms with Gasteiger partial charge in [0.2, 0.25) is 0 Å². The third-order valence-corrected chi connectivity index (χ3v) is 5.73. The Hall–Kier alpha value is -1.60. The van der Waals surface area contributed by atoms with Crippen molar-refractivity contribution >= 4 is 27.5 Å². The number of nitrogens with zero attached hydrogens (tertiary/aromatic N) is 3. The molecule has 0 saturated heterocycles. The normalized spacial score (nSPS) is 17.0. The van der Waals surface area contributed by atoms with Crippen molar-refractivity contribution < 1.29 is 4.74 Å². The van der Waals surface area contributed by atoms with Crippen LogP contribution in [0.1, 0.15) is 37.8 Å². The van der Waals surface area contributed by atoms with Crippen LogP contribution in [-0.2, 0) is 11.3 Å². The van der Waals surface area contributed by atoms with E-state index >= 15 is 0 Å². The van der Waals surface area contributed by atoms with Crippen LogP contribution in [0.4, 0.5) is 0 Å². The highest BCUT2D eigenvalue weighted by molar-refractivity contribution is 9.10. The van der Waals surface area contributed by atoms with Gasteiger partial charge in [-0.2, -0.15) is 0 Å². The first kappa shape index (κ1) is 19.2. The summed E-state index contributed by atoms with van der Waals surface area (Å²) in [6.07, 6.45) is 10.3. The van der Waals surface area contributed by atoms with Crippen molar-refractivity contribution in [3.05, 3.63) is 34.7 Å². The van der Waals surface area contributed by atoms with E-state index < -0.39 is 0 Å². The van der Waals surface area contributed by atoms with Gasteiger partial charge in [0, 0.05) is 44.2 Å². The minimum absolute atomic E-state index is 0.336. The highest BCUT2D eigenvalue weighted by Crippen LogP contribution is 2.40. The summed E-state index contributed by atoms with van der Waals surface area (Å²) in [4.78, 5) is 9.00. The summed E-state index contributed by atoms with van der Waals surface area (Å²) >= 11 is 3.49. The second-order valence-electron chi connectivity index (χ2n) is 7.07. The van der Waals surface area contributed by atoms with Gasteiger partial charge in [0.05, 0.1) is 12.2 Å². The summed E-state index contributed by atoms with van der Waals surface area (Å²) in [5.74, 6) is 0.826. The van der Waals surface area contributed by atoms with Crippen molar-refractivity contribution in [3.63, 3.8) is 0 Å². The van der Waals surface area contributed by atoms with Gasteiger partial charge in [0.15, 0.2) is 5.96 Å². The molecule has 1 fully saturated rings. The Labute approximate surface area is 163 Å². The number of aliphatic imine (C=N–C) groups is 1. The Morgan fingerprint density at radius 3 is 2.85 bits per heavy atom. The topological polar surface area (TPSA) is 63.0 Å². The van der Waals surface area contributed by atoms with Gasteiger partial charge >= 0.3 is 0 Å². The number of halogens is 1. The summed E-state index contributed by atoms with van der Waals surface area (Å²) in [7, 11) is 3.59. The molecule has 0 atom stereocenters. The Bertz CT molecular complexity index is 751. The van der Waals surface area contributed by atoms with Gasteiger partial charge in [-0.15, -0.1) is 0 Å². The number of aromatic nitrogens is 2. The third kappa shape index (κ3) is 4.76. The molecule has 26 heavy (non-hydrogen) atoms. The van der Waals surface area contributed by atoms with Gasteiger partial charge < -0.3 is 19.8 Å². The summed E-state index contributed by atoms with van der Waals surface area (Å²) in [6, 6.07) is 4.00. The molecular formula is C19H28BrN5O. The molecule has 2 heterocycles. The van der Waals surface area contributed by atoms with Gasteiger partial charge in [-0.3, -0.25) is 4.99 Å². The second kappa shape index (κ2) is 8.86. The van der Waals surface area contributed by atoms with E-state index in [9.17, 15) is 0 Å². The number of ether oxygens (including phenoxy) is 1. The quantitative estimate of drug-likeness (QED) is 0.531. The molecule has 142 valence electrons. The van der Waals surface area contributed by atoms with Crippen LogP contribution in [0.5, 0.6) is 0 Å². The van der Waals surface area contributed by atoms with Crippen LogP contribution in [0.3, 0.4) is 0 Å². The fraction of sp³-hybridized carbons (Fsp3) is 0.579. The maximum Gasteiger partial charge on any atom is 0.191 e. The number of nitrogens with one attached hydrogen (secondary N) is 2. The third-order valence-electron chi connectivity index (χ3n) is 5.26. The maximum atomic E-state index is 5.32. The summed E-state index contributed by atoms with van der Waals surface area (Å²) in [5, 5.41) is 6.89. The van der Waals surface area contributed by atoms with E-state index in [-0.39, 0.29) is 0 Å². The standard InChI is InChI=1S/C19H28BrN5O/c1-21-18(23-14-19(9-10-26-2)7-3-4-8-19)22-11-16-13-25-12-15(20)5-6-17(25)24-16/h5-6,12-13H,3-4,7-11,14H2,1-2H3,(H2,21,22,23). The number of rotatable bonds is 7. The second-order valence-corrected chi connectivity index (χ2v) is 7.99. The number of pyridine rings is 1. The van der Waals surface area contributed by atoms with Crippen molar-refractivity contribution in [1.29, 1.82) is 0 Å². The molecule has 0 radical (unpaired) electrons. The Balaban J connectivity index is 1.55. The van der Waals surface area contributed by atoms with Gasteiger partial charge in [-0.05, 0) is 52.7 Å². The number of hydrogen-bond acceptors (Lipinski definition) is 3. The van der Waals surface area contributed by atoms with E-state index in [1.54, 1.807) is 7.11 Å². The SMILES string of the molecule is CN=C(NCc1cn2cc(Br)ccc2n1)NCC1(CCOC)CCCC1. The molecule has 3 rings (SSSR count). The van der Waals surface area contributed by atoms with E-state index in [1.165, 1.54) is 25.7 Å². The molecule has 6 nitrogen and oxygen atoms in total. The van der Waals surface area contributed by atoms with Crippen molar-refractivity contribution in [3.8, 4) is 0 Å². The highest BCUT2D eigenvalue weighted by Gasteiger charge is 2.33. The molecule has 1 aliphatic rings. The lowest BCUT2D eigenvalue weighted by Gasteiger charge is -2.29. The number of methoxy groups -OCH3 is 1. The van der Waals surface area contributed by atoms with Crippen LogP contribution in [-0.4, -0.2) is 42.7 Å². The zero-order valence-corrected chi connectivity index (χ0v) is 17.2. The van der Waals surface area contributed by atoms with Crippen LogP contribution >= 0.6 is 15.9 Å². The minimum atomic E-state index is 0.336. The highest BCUT2D eigenvalue weighted by atomic mass is 79.9. The molecule has 0 bridgehead atoms. The average molecular weight is 422 g/mol. The molecule has 0 spiro atoms. The molecule has 2 aromatic heterocycles. The number of guanidine groups is 1. The molecule has 2 N–H and O–H groups in total. The smallest absolute Gasteiger partial charge is 0.191 e. The van der Waals surface area contributed by atoms with Crippen LogP contribution in [0, 0.1) is 5.41 Å². The maximum absolute atomic E-state index is 5.32. The Morgan fingerprint density at radius 2 is 2.12 bits per heavy atom. The van der Waals surface area contributed by atoms with Gasteiger partial charge in [0.25, 0.3) is 0 Å². The van der Waals surface area contributed by atoms with Gasteiger partial charge in [0.1, 0.15) is 5.65 Å². The van der Waals surface area contributed by atoms with Crippen molar-refractivity contribution in [2.45, 2.75) is 38.6 Å². The summed E-state index contributed by atoms with van der Waals surface area (Å²) in [5.41, 5.74) is 2.27. The Kier molecular flexibility index (Phi) is 6.53. The molecule has 1 aliphatic carbocycles. The lowest BCUT2D eigenvalue weighted by molar-refractivity contribution is 0.138. The lowest BCUT2D eigenvalue weighted by Crippen LogP contribution is -2.43. The number of imidazole rings is 1. The molecule has 0 aromatic carbocycles. The van der Waals surface area contributed by atoms with Crippen LogP contribution in [0.15, 0.2) is 34.0 Å². The van der Waals surface area contributed by atoms with Gasteiger partial charge in [-0.25, -0.2) is 4.98 Å². The average Bonchev–Trinajstić information content (AvgIpc) is 3.27. The molecule has 0 unspecified atom stereocenters. The molecule has 1 saturated carbocycles. The monoisotopic (exact) mass is 421 g/mol. The Morgan fingerprint density at radius 1 is 1.31 bits per heavy atom. The van der Waals surface area contributed by atoms with Crippen molar-refractivity contribution in [1.82, 2.24) is 20.0 Å². The fourth-order valence-electron chi connectivity index (χ4n) is 3.73. The van der Waals surface area contributed by atoms with E-state index in [1.807, 2.05) is 36.0 Å². The summed E-state index contributed by atoms with van der Waals surface area (Å²) < 4.78 is 8.38. The molecule has 0 amide bonds. The lowest BCUT2D eigenvalue weighted by atomic mass is 9.83. The van der Waals surface area contributed by atoms with Crippen LogP contribution < -0.4 is 10.6 Å². The zero-order chi connectivity index (χ0) is 18.4. The first-order valence-electron chi connectivity index (χ1n) is 9.21. The van der Waals surface area contributed by atoms with Crippen LogP contribution in [0.25, 0.3) is 5.65 Å². The van der Waals surface area contributed by atoms with Crippen molar-refractivity contribution in [2.75, 3.05) is 27.3 Å². The molecule has 0 aliphatic heterocycles. The first-order chi connectivity index (χ1) is 12.6. The predicted molar refractivity (Wildman–Crippen MR) is 108 cm³/mol. The van der Waals surface area contributed by atoms with Crippen LogP contribution in [0.2, 0.25) is 0 Å².